The molecule has 0 bridgehead atoms. The number of hydrogen-bond donors (Lipinski definition) is 1. The van der Waals surface area contributed by atoms with Crippen LogP contribution in [0, 0.1) is 5.92 Å². The number of hydrogen-bond acceptors (Lipinski definition) is 3. The average Bonchev–Trinajstić information content (AvgIpc) is 2.50. The molecule has 0 unspecified atom stereocenters. The van der Waals surface area contributed by atoms with Crippen molar-refractivity contribution >= 4 is 11.6 Å². The zero-order valence-corrected chi connectivity index (χ0v) is 13.2. The fraction of sp³-hybridized carbons (Fsp3) is 0.588. The second kappa shape index (κ2) is 7.46. The maximum Gasteiger partial charge on any atom is 0.221 e. The molecule has 0 saturated carbocycles. The molecule has 0 spiro atoms. The van der Waals surface area contributed by atoms with Crippen molar-refractivity contribution in [2.24, 2.45) is 11.7 Å². The van der Waals surface area contributed by atoms with Crippen LogP contribution in [0.2, 0.25) is 0 Å². The van der Waals surface area contributed by atoms with Gasteiger partial charge in [0.2, 0.25) is 5.91 Å². The van der Waals surface area contributed by atoms with Crippen molar-refractivity contribution in [1.82, 2.24) is 4.90 Å². The van der Waals surface area contributed by atoms with Gasteiger partial charge in [-0.1, -0.05) is 12.1 Å². The minimum atomic E-state index is -0.156. The molecular formula is C17H27N3O. The third-order valence-corrected chi connectivity index (χ3v) is 4.38. The highest BCUT2D eigenvalue weighted by atomic mass is 16.1. The van der Waals surface area contributed by atoms with Crippen LogP contribution in [0.3, 0.4) is 0 Å². The molecule has 2 rings (SSSR count). The van der Waals surface area contributed by atoms with Crippen LogP contribution in [0.1, 0.15) is 32.3 Å². The number of amides is 1. The zero-order chi connectivity index (χ0) is 15.2. The molecule has 21 heavy (non-hydrogen) atoms. The highest BCUT2D eigenvalue weighted by Crippen LogP contribution is 2.20. The first-order valence-electron chi connectivity index (χ1n) is 7.99. The summed E-state index contributed by atoms with van der Waals surface area (Å²) in [4.78, 5) is 16.0. The van der Waals surface area contributed by atoms with E-state index in [1.54, 1.807) is 0 Å². The number of rotatable bonds is 6. The fourth-order valence-corrected chi connectivity index (χ4v) is 3.09. The maximum atomic E-state index is 11.3. The Bertz CT molecular complexity index is 454. The highest BCUT2D eigenvalue weighted by molar-refractivity contribution is 5.76. The van der Waals surface area contributed by atoms with Crippen LogP contribution in [0.4, 0.5) is 5.69 Å². The number of nitrogens with two attached hydrogens (primary N) is 1. The Morgan fingerprint density at radius 3 is 2.52 bits per heavy atom. The van der Waals surface area contributed by atoms with Gasteiger partial charge >= 0.3 is 0 Å². The van der Waals surface area contributed by atoms with Crippen molar-refractivity contribution in [3.05, 3.63) is 29.8 Å². The molecule has 1 fully saturated rings. The van der Waals surface area contributed by atoms with Gasteiger partial charge in [0.15, 0.2) is 0 Å². The van der Waals surface area contributed by atoms with Crippen LogP contribution in [-0.4, -0.2) is 37.0 Å². The minimum Gasteiger partial charge on any atom is -0.372 e. The molecule has 0 aliphatic carbocycles. The molecule has 1 atom stereocenters. The van der Waals surface area contributed by atoms with Crippen molar-refractivity contribution < 1.29 is 4.79 Å². The number of piperidine rings is 1. The Morgan fingerprint density at radius 2 is 1.95 bits per heavy atom. The van der Waals surface area contributed by atoms with Crippen molar-refractivity contribution in [1.29, 1.82) is 0 Å². The molecule has 1 aromatic rings. The summed E-state index contributed by atoms with van der Waals surface area (Å²) in [6.07, 6.45) is 2.00. The summed E-state index contributed by atoms with van der Waals surface area (Å²) in [5.41, 5.74) is 8.01. The summed E-state index contributed by atoms with van der Waals surface area (Å²) in [6.45, 7) is 9.17. The Morgan fingerprint density at radius 1 is 1.29 bits per heavy atom. The summed E-state index contributed by atoms with van der Waals surface area (Å²) in [6, 6.07) is 8.78. The molecule has 4 nitrogen and oxygen atoms in total. The quantitative estimate of drug-likeness (QED) is 0.873. The summed E-state index contributed by atoms with van der Waals surface area (Å²) in [7, 11) is 0. The van der Waals surface area contributed by atoms with E-state index in [0.717, 1.165) is 45.6 Å². The molecule has 4 heteroatoms. The lowest BCUT2D eigenvalue weighted by Gasteiger charge is -2.31. The Hall–Kier alpha value is -1.55. The van der Waals surface area contributed by atoms with Gasteiger partial charge in [-0.3, -0.25) is 9.69 Å². The van der Waals surface area contributed by atoms with Gasteiger partial charge < -0.3 is 10.6 Å². The van der Waals surface area contributed by atoms with Gasteiger partial charge in [-0.2, -0.15) is 0 Å². The van der Waals surface area contributed by atoms with E-state index < -0.39 is 0 Å². The molecule has 0 radical (unpaired) electrons. The summed E-state index contributed by atoms with van der Waals surface area (Å²) < 4.78 is 0. The standard InChI is InChI=1S/C17H27N3O/c1-3-20(4-2)16-9-7-14(8-10-16)12-19-11-5-6-15(13-19)17(18)21/h7-10,15H,3-6,11-13H2,1-2H3,(H2,18,21)/t15-/m1/s1. The van der Waals surface area contributed by atoms with E-state index in [2.05, 4.69) is 47.9 Å². The molecule has 1 amide bonds. The number of benzene rings is 1. The molecule has 0 aromatic heterocycles. The Balaban J connectivity index is 1.95. The van der Waals surface area contributed by atoms with E-state index >= 15 is 0 Å². The first kappa shape index (κ1) is 15.8. The summed E-state index contributed by atoms with van der Waals surface area (Å²) in [5.74, 6) is -0.134. The van der Waals surface area contributed by atoms with Gasteiger partial charge in [0.1, 0.15) is 0 Å². The highest BCUT2D eigenvalue weighted by Gasteiger charge is 2.23. The normalized spacial score (nSPS) is 19.4. The number of carbonyl (C=O) groups is 1. The number of primary amides is 1. The molecule has 1 aromatic carbocycles. The first-order chi connectivity index (χ1) is 10.1. The van der Waals surface area contributed by atoms with Gasteiger partial charge in [-0.05, 0) is 50.9 Å². The van der Waals surface area contributed by atoms with Crippen LogP contribution < -0.4 is 10.6 Å². The van der Waals surface area contributed by atoms with E-state index in [0.29, 0.717) is 0 Å². The van der Waals surface area contributed by atoms with Crippen LogP contribution in [0.25, 0.3) is 0 Å². The second-order valence-corrected chi connectivity index (χ2v) is 5.82. The van der Waals surface area contributed by atoms with E-state index in [-0.39, 0.29) is 11.8 Å². The van der Waals surface area contributed by atoms with Crippen LogP contribution in [-0.2, 0) is 11.3 Å². The predicted molar refractivity (Wildman–Crippen MR) is 87.2 cm³/mol. The maximum absolute atomic E-state index is 11.3. The van der Waals surface area contributed by atoms with E-state index in [4.69, 9.17) is 5.73 Å². The van der Waals surface area contributed by atoms with Crippen LogP contribution in [0.5, 0.6) is 0 Å². The van der Waals surface area contributed by atoms with E-state index in [9.17, 15) is 4.79 Å². The van der Waals surface area contributed by atoms with E-state index in [1.807, 2.05) is 0 Å². The van der Waals surface area contributed by atoms with Gasteiger partial charge in [0.05, 0.1) is 5.92 Å². The smallest absolute Gasteiger partial charge is 0.221 e. The number of carbonyl (C=O) groups excluding carboxylic acids is 1. The van der Waals surface area contributed by atoms with Crippen molar-refractivity contribution in [2.75, 3.05) is 31.1 Å². The third-order valence-electron chi connectivity index (χ3n) is 4.38. The largest absolute Gasteiger partial charge is 0.372 e. The SMILES string of the molecule is CCN(CC)c1ccc(CN2CCC[C@@H](C(N)=O)C2)cc1. The van der Waals surface area contributed by atoms with Gasteiger partial charge in [0.25, 0.3) is 0 Å². The van der Waals surface area contributed by atoms with Crippen LogP contribution >= 0.6 is 0 Å². The number of anilines is 1. The van der Waals surface area contributed by atoms with E-state index in [1.165, 1.54) is 11.3 Å². The fourth-order valence-electron chi connectivity index (χ4n) is 3.09. The van der Waals surface area contributed by atoms with Crippen LogP contribution in [0.15, 0.2) is 24.3 Å². The van der Waals surface area contributed by atoms with Crippen molar-refractivity contribution in [2.45, 2.75) is 33.2 Å². The minimum absolute atomic E-state index is 0.0219. The molecule has 116 valence electrons. The molecule has 2 N–H and O–H groups in total. The average molecular weight is 289 g/mol. The monoisotopic (exact) mass is 289 g/mol. The number of likely N-dealkylation sites (tertiary alicyclic amines) is 1. The molecule has 1 heterocycles. The summed E-state index contributed by atoms with van der Waals surface area (Å²) in [5, 5.41) is 0. The lowest BCUT2D eigenvalue weighted by molar-refractivity contribution is -0.123. The first-order valence-corrected chi connectivity index (χ1v) is 7.99. The Labute approximate surface area is 127 Å². The number of nitrogens with zero attached hydrogens (tertiary/aromatic N) is 2. The zero-order valence-electron chi connectivity index (χ0n) is 13.2. The molecular weight excluding hydrogens is 262 g/mol. The van der Waals surface area contributed by atoms with Crippen molar-refractivity contribution in [3.8, 4) is 0 Å². The van der Waals surface area contributed by atoms with Gasteiger partial charge in [-0.15, -0.1) is 0 Å². The molecule has 1 aliphatic rings. The lowest BCUT2D eigenvalue weighted by atomic mass is 9.97. The topological polar surface area (TPSA) is 49.6 Å². The third kappa shape index (κ3) is 4.21. The summed E-state index contributed by atoms with van der Waals surface area (Å²) >= 11 is 0. The van der Waals surface area contributed by atoms with Crippen molar-refractivity contribution in [3.63, 3.8) is 0 Å². The molecule has 1 saturated heterocycles. The lowest BCUT2D eigenvalue weighted by Crippen LogP contribution is -2.40. The van der Waals surface area contributed by atoms with Gasteiger partial charge in [-0.25, -0.2) is 0 Å². The predicted octanol–water partition coefficient (Wildman–Crippen LogP) is 2.23. The Kier molecular flexibility index (Phi) is 5.62. The second-order valence-electron chi connectivity index (χ2n) is 5.82. The molecule has 1 aliphatic heterocycles. The van der Waals surface area contributed by atoms with Gasteiger partial charge in [0, 0.05) is 31.9 Å².